The van der Waals surface area contributed by atoms with Crippen molar-refractivity contribution in [3.05, 3.63) is 78.4 Å². The van der Waals surface area contributed by atoms with Gasteiger partial charge < -0.3 is 24.4 Å². The number of anilines is 2. The number of para-hydroxylation sites is 1. The Kier molecular flexibility index (Phi) is 8.22. The van der Waals surface area contributed by atoms with Crippen LogP contribution in [0.5, 0.6) is 17.2 Å². The van der Waals surface area contributed by atoms with Crippen LogP contribution in [0.2, 0.25) is 0 Å². The lowest BCUT2D eigenvalue weighted by Gasteiger charge is -2.30. The maximum atomic E-state index is 12.5. The van der Waals surface area contributed by atoms with E-state index in [4.69, 9.17) is 14.2 Å². The third kappa shape index (κ3) is 6.99. The summed E-state index contributed by atoms with van der Waals surface area (Å²) in [4.78, 5) is 26.6. The van der Waals surface area contributed by atoms with Crippen LogP contribution in [0.25, 0.3) is 0 Å². The van der Waals surface area contributed by atoms with Crippen molar-refractivity contribution in [3.63, 3.8) is 0 Å². The lowest BCUT2D eigenvalue weighted by atomic mass is 10.2. The summed E-state index contributed by atoms with van der Waals surface area (Å²) >= 11 is 0. The molecule has 4 rings (SSSR count). The first-order valence-electron chi connectivity index (χ1n) is 11.8. The molecule has 0 saturated carbocycles. The SMILES string of the molecule is Cc1ccc(OCCCCN2C(=O)COc3ccc(NC(=O)CCOc4ccccc4)cc32)cc1. The van der Waals surface area contributed by atoms with Crippen molar-refractivity contribution in [1.29, 1.82) is 0 Å². The fourth-order valence-corrected chi connectivity index (χ4v) is 3.72. The third-order valence-corrected chi connectivity index (χ3v) is 5.59. The molecule has 0 aliphatic carbocycles. The van der Waals surface area contributed by atoms with E-state index in [1.165, 1.54) is 5.56 Å². The highest BCUT2D eigenvalue weighted by atomic mass is 16.5. The highest BCUT2D eigenvalue weighted by Crippen LogP contribution is 2.34. The maximum absolute atomic E-state index is 12.5. The van der Waals surface area contributed by atoms with Crippen molar-refractivity contribution in [3.8, 4) is 17.2 Å². The number of nitrogens with zero attached hydrogens (tertiary/aromatic N) is 1. The Bertz CT molecular complexity index is 1130. The summed E-state index contributed by atoms with van der Waals surface area (Å²) in [6.07, 6.45) is 1.81. The molecule has 1 N–H and O–H groups in total. The number of amides is 2. The van der Waals surface area contributed by atoms with Gasteiger partial charge in [0.15, 0.2) is 6.61 Å². The molecule has 3 aromatic rings. The van der Waals surface area contributed by atoms with Crippen LogP contribution in [0.15, 0.2) is 72.8 Å². The second-order valence-electron chi connectivity index (χ2n) is 8.34. The number of fused-ring (bicyclic) bond motifs is 1. The Morgan fingerprint density at radius 3 is 2.49 bits per heavy atom. The van der Waals surface area contributed by atoms with Crippen molar-refractivity contribution in [2.75, 3.05) is 36.6 Å². The Labute approximate surface area is 205 Å². The van der Waals surface area contributed by atoms with E-state index in [9.17, 15) is 9.59 Å². The minimum Gasteiger partial charge on any atom is -0.494 e. The van der Waals surface area contributed by atoms with Gasteiger partial charge in [-0.05, 0) is 62.2 Å². The van der Waals surface area contributed by atoms with Crippen LogP contribution in [0, 0.1) is 6.92 Å². The van der Waals surface area contributed by atoms with Gasteiger partial charge in [-0.3, -0.25) is 9.59 Å². The summed E-state index contributed by atoms with van der Waals surface area (Å²) < 4.78 is 17.0. The zero-order chi connectivity index (χ0) is 24.5. The van der Waals surface area contributed by atoms with Crippen LogP contribution in [0.3, 0.4) is 0 Å². The van der Waals surface area contributed by atoms with Crippen molar-refractivity contribution >= 4 is 23.2 Å². The highest BCUT2D eigenvalue weighted by Gasteiger charge is 2.25. The molecule has 1 aliphatic heterocycles. The Morgan fingerprint density at radius 2 is 1.69 bits per heavy atom. The molecule has 2 amide bonds. The number of carbonyl (C=O) groups is 2. The van der Waals surface area contributed by atoms with Gasteiger partial charge in [0, 0.05) is 12.2 Å². The average Bonchev–Trinajstić information content (AvgIpc) is 2.87. The van der Waals surface area contributed by atoms with Crippen molar-refractivity contribution in [1.82, 2.24) is 0 Å². The van der Waals surface area contributed by atoms with Gasteiger partial charge in [0.1, 0.15) is 17.2 Å². The summed E-state index contributed by atoms with van der Waals surface area (Å²) in [6, 6.07) is 22.7. The zero-order valence-corrected chi connectivity index (χ0v) is 19.9. The Balaban J connectivity index is 1.27. The van der Waals surface area contributed by atoms with E-state index in [2.05, 4.69) is 5.32 Å². The summed E-state index contributed by atoms with van der Waals surface area (Å²) in [6.45, 7) is 3.46. The number of nitrogens with one attached hydrogen (secondary N) is 1. The van der Waals surface area contributed by atoms with Gasteiger partial charge in [-0.25, -0.2) is 0 Å². The fourth-order valence-electron chi connectivity index (χ4n) is 3.72. The fraction of sp³-hybridized carbons (Fsp3) is 0.286. The number of hydrogen-bond donors (Lipinski definition) is 1. The van der Waals surface area contributed by atoms with E-state index in [0.717, 1.165) is 24.3 Å². The highest BCUT2D eigenvalue weighted by molar-refractivity contribution is 5.99. The Hall–Kier alpha value is -4.00. The summed E-state index contributed by atoms with van der Waals surface area (Å²) in [7, 11) is 0. The molecule has 0 unspecified atom stereocenters. The monoisotopic (exact) mass is 474 g/mol. The molecule has 0 fully saturated rings. The van der Waals surface area contributed by atoms with Gasteiger partial charge in [0.25, 0.3) is 5.91 Å². The average molecular weight is 475 g/mol. The molecule has 182 valence electrons. The molecule has 7 heteroatoms. The number of hydrogen-bond acceptors (Lipinski definition) is 5. The predicted octanol–water partition coefficient (Wildman–Crippen LogP) is 4.99. The van der Waals surface area contributed by atoms with Gasteiger partial charge in [0.2, 0.25) is 5.91 Å². The smallest absolute Gasteiger partial charge is 0.265 e. The van der Waals surface area contributed by atoms with Gasteiger partial charge in [-0.15, -0.1) is 0 Å². The zero-order valence-electron chi connectivity index (χ0n) is 19.9. The van der Waals surface area contributed by atoms with Gasteiger partial charge in [-0.1, -0.05) is 35.9 Å². The van der Waals surface area contributed by atoms with Crippen molar-refractivity contribution in [2.24, 2.45) is 0 Å². The second-order valence-corrected chi connectivity index (χ2v) is 8.34. The molecule has 0 spiro atoms. The maximum Gasteiger partial charge on any atom is 0.265 e. The molecule has 3 aromatic carbocycles. The first-order chi connectivity index (χ1) is 17.1. The minimum absolute atomic E-state index is 0.00932. The van der Waals surface area contributed by atoms with Crippen LogP contribution in [-0.2, 0) is 9.59 Å². The summed E-state index contributed by atoms with van der Waals surface area (Å²) in [5, 5.41) is 2.88. The van der Waals surface area contributed by atoms with Crippen molar-refractivity contribution < 1.29 is 23.8 Å². The first kappa shape index (κ1) is 24.1. The molecule has 0 bridgehead atoms. The summed E-state index contributed by atoms with van der Waals surface area (Å²) in [5.74, 6) is 1.94. The molecule has 0 atom stereocenters. The number of rotatable bonds is 11. The summed E-state index contributed by atoms with van der Waals surface area (Å²) in [5.41, 5.74) is 2.47. The van der Waals surface area contributed by atoms with Crippen LogP contribution in [-0.4, -0.2) is 38.2 Å². The molecular weight excluding hydrogens is 444 g/mol. The van der Waals surface area contributed by atoms with E-state index in [1.807, 2.05) is 61.5 Å². The molecule has 0 aromatic heterocycles. The minimum atomic E-state index is -0.163. The van der Waals surface area contributed by atoms with E-state index < -0.39 is 0 Å². The lowest BCUT2D eigenvalue weighted by Crippen LogP contribution is -2.39. The van der Waals surface area contributed by atoms with Crippen LogP contribution >= 0.6 is 0 Å². The predicted molar refractivity (Wildman–Crippen MR) is 135 cm³/mol. The number of benzene rings is 3. The molecular formula is C28H30N2O5. The molecule has 0 saturated heterocycles. The van der Waals surface area contributed by atoms with Crippen LogP contribution < -0.4 is 24.4 Å². The van der Waals surface area contributed by atoms with E-state index >= 15 is 0 Å². The van der Waals surface area contributed by atoms with Crippen molar-refractivity contribution in [2.45, 2.75) is 26.2 Å². The standard InChI is InChI=1S/C28H30N2O5/c1-21-9-12-24(13-10-21)33-17-6-5-16-30-25-19-22(11-14-26(25)35-20-28(30)32)29-27(31)15-18-34-23-7-3-2-4-8-23/h2-4,7-14,19H,5-6,15-18,20H2,1H3,(H,29,31). The number of carbonyl (C=O) groups excluding carboxylic acids is 2. The van der Waals surface area contributed by atoms with Crippen LogP contribution in [0.1, 0.15) is 24.8 Å². The van der Waals surface area contributed by atoms with E-state index in [0.29, 0.717) is 30.3 Å². The third-order valence-electron chi connectivity index (χ3n) is 5.59. The quantitative estimate of drug-likeness (QED) is 0.396. The molecule has 35 heavy (non-hydrogen) atoms. The normalized spacial score (nSPS) is 12.5. The van der Waals surface area contributed by atoms with Crippen LogP contribution in [0.4, 0.5) is 11.4 Å². The second kappa shape index (κ2) is 11.9. The van der Waals surface area contributed by atoms with E-state index in [-0.39, 0.29) is 31.4 Å². The van der Waals surface area contributed by atoms with Gasteiger partial charge in [-0.2, -0.15) is 0 Å². The lowest BCUT2D eigenvalue weighted by molar-refractivity contribution is -0.121. The first-order valence-corrected chi connectivity index (χ1v) is 11.8. The molecule has 1 aliphatic rings. The topological polar surface area (TPSA) is 77.1 Å². The molecule has 1 heterocycles. The number of aryl methyl sites for hydroxylation is 1. The van der Waals surface area contributed by atoms with Gasteiger partial charge in [0.05, 0.1) is 25.3 Å². The number of unbranched alkanes of at least 4 members (excludes halogenated alkanes) is 1. The number of ether oxygens (including phenoxy) is 3. The molecule has 7 nitrogen and oxygen atoms in total. The largest absolute Gasteiger partial charge is 0.494 e. The van der Waals surface area contributed by atoms with Gasteiger partial charge >= 0.3 is 0 Å². The Morgan fingerprint density at radius 1 is 0.943 bits per heavy atom. The van der Waals surface area contributed by atoms with E-state index in [1.54, 1.807) is 23.1 Å². The molecule has 0 radical (unpaired) electrons.